The Morgan fingerprint density at radius 1 is 0.972 bits per heavy atom. The third-order valence-corrected chi connectivity index (χ3v) is 10.4. The number of rotatable bonds is 7. The minimum Gasteiger partial charge on any atom is -0.544 e. The van der Waals surface area contributed by atoms with Crippen LogP contribution in [0.4, 0.5) is 8.78 Å². The number of halogens is 2. The molecule has 5 nitrogen and oxygen atoms in total. The quantitative estimate of drug-likeness (QED) is 0.388. The molecule has 0 saturated heterocycles. The van der Waals surface area contributed by atoms with Crippen LogP contribution in [0.25, 0.3) is 0 Å². The Morgan fingerprint density at radius 3 is 2.31 bits per heavy atom. The molecular formula is C29H35F2O5-. The Labute approximate surface area is 210 Å². The highest BCUT2D eigenvalue weighted by Crippen LogP contribution is 2.70. The lowest BCUT2D eigenvalue weighted by atomic mass is 9.66. The maximum atomic E-state index is 14.5. The Kier molecular flexibility index (Phi) is 5.84. The van der Waals surface area contributed by atoms with Crippen molar-refractivity contribution >= 4 is 11.9 Å². The van der Waals surface area contributed by atoms with Crippen molar-refractivity contribution in [3.8, 4) is 5.75 Å². The molecule has 0 aromatic heterocycles. The molecule has 5 saturated carbocycles. The number of carboxylic acids is 1. The summed E-state index contributed by atoms with van der Waals surface area (Å²) in [5, 5.41) is 11.2. The molecule has 5 aliphatic carbocycles. The maximum Gasteiger partial charge on any atom is 0.338 e. The smallest absolute Gasteiger partial charge is 0.338 e. The Morgan fingerprint density at radius 2 is 1.64 bits per heavy atom. The van der Waals surface area contributed by atoms with E-state index in [1.165, 1.54) is 37.8 Å². The average molecular weight is 502 g/mol. The van der Waals surface area contributed by atoms with E-state index >= 15 is 0 Å². The normalized spacial score (nSPS) is 38.1. The molecule has 8 unspecified atom stereocenters. The molecule has 5 aliphatic rings. The minimum atomic E-state index is -4.24. The molecule has 0 amide bonds. The zero-order valence-electron chi connectivity index (χ0n) is 20.8. The van der Waals surface area contributed by atoms with E-state index in [4.69, 9.17) is 9.47 Å². The summed E-state index contributed by atoms with van der Waals surface area (Å²) in [4.78, 5) is 23.9. The molecule has 8 atom stereocenters. The topological polar surface area (TPSA) is 75.7 Å². The van der Waals surface area contributed by atoms with Gasteiger partial charge in [-0.3, -0.25) is 0 Å². The van der Waals surface area contributed by atoms with Crippen LogP contribution in [0.1, 0.15) is 81.5 Å². The van der Waals surface area contributed by atoms with Crippen LogP contribution in [0.5, 0.6) is 5.75 Å². The van der Waals surface area contributed by atoms with Gasteiger partial charge < -0.3 is 19.4 Å². The molecule has 1 aromatic carbocycles. The third kappa shape index (κ3) is 3.83. The van der Waals surface area contributed by atoms with Crippen molar-refractivity contribution in [1.82, 2.24) is 0 Å². The predicted octanol–water partition coefficient (Wildman–Crippen LogP) is 5.02. The lowest BCUT2D eigenvalue weighted by molar-refractivity contribution is -0.337. The monoisotopic (exact) mass is 501 g/mol. The Hall–Kier alpha value is -2.18. The summed E-state index contributed by atoms with van der Waals surface area (Å²) < 4.78 is 40.6. The SMILES string of the molecule is CC1(Oc2ccc(C(=O)OC(C3CCCCC3)C(F)(F)C(=O)[O-])cc2)CC2CC1C1C3CCC(C3)C21. The van der Waals surface area contributed by atoms with Crippen molar-refractivity contribution in [2.45, 2.75) is 88.8 Å². The summed E-state index contributed by atoms with van der Waals surface area (Å²) in [6, 6.07) is 6.42. The van der Waals surface area contributed by atoms with Gasteiger partial charge in [0.15, 0.2) is 6.10 Å². The molecule has 0 radical (unpaired) electrons. The standard InChI is InChI=1S/C29H36F2O5/c1-28(15-20-14-22(28)24-19-8-7-18(13-19)23(20)24)36-21-11-9-17(10-12-21)26(32)35-25(29(30,31)27(33)34)16-5-3-2-4-6-16/h9-12,16,18-20,22-25H,2-8,13-15H2,1H3,(H,33,34)/p-1. The number of carbonyl (C=O) groups excluding carboxylic acids is 2. The van der Waals surface area contributed by atoms with Gasteiger partial charge in [0.1, 0.15) is 17.3 Å². The molecule has 4 bridgehead atoms. The number of fused-ring (bicyclic) bond motifs is 9. The summed E-state index contributed by atoms with van der Waals surface area (Å²) in [6.45, 7) is 2.22. The zero-order chi connectivity index (χ0) is 25.2. The first kappa shape index (κ1) is 24.2. The number of esters is 1. The molecule has 196 valence electrons. The highest BCUT2D eigenvalue weighted by molar-refractivity contribution is 5.90. The number of ether oxygens (including phenoxy) is 2. The van der Waals surface area contributed by atoms with Gasteiger partial charge in [-0.05, 0) is 106 Å². The number of hydrogen-bond acceptors (Lipinski definition) is 5. The second-order valence-corrected chi connectivity index (χ2v) is 12.4. The van der Waals surface area contributed by atoms with Gasteiger partial charge in [0, 0.05) is 11.8 Å². The molecule has 36 heavy (non-hydrogen) atoms. The number of benzene rings is 1. The highest BCUT2D eigenvalue weighted by Gasteiger charge is 2.66. The number of hydrogen-bond donors (Lipinski definition) is 0. The van der Waals surface area contributed by atoms with Crippen LogP contribution in [0.3, 0.4) is 0 Å². The van der Waals surface area contributed by atoms with Crippen LogP contribution in [0.15, 0.2) is 24.3 Å². The van der Waals surface area contributed by atoms with Crippen LogP contribution >= 0.6 is 0 Å². The van der Waals surface area contributed by atoms with Gasteiger partial charge >= 0.3 is 11.9 Å². The highest BCUT2D eigenvalue weighted by atomic mass is 19.3. The molecule has 6 rings (SSSR count). The van der Waals surface area contributed by atoms with Crippen molar-refractivity contribution < 1.29 is 33.0 Å². The first-order chi connectivity index (χ1) is 17.2. The van der Waals surface area contributed by atoms with Crippen LogP contribution in [-0.2, 0) is 9.53 Å². The molecule has 0 heterocycles. The first-order valence-corrected chi connectivity index (χ1v) is 13.8. The minimum absolute atomic E-state index is 0.101. The molecular weight excluding hydrogens is 466 g/mol. The summed E-state index contributed by atoms with van der Waals surface area (Å²) in [5.41, 5.74) is -0.121. The Balaban J connectivity index is 1.13. The van der Waals surface area contributed by atoms with Crippen LogP contribution in [0, 0.1) is 41.4 Å². The molecule has 1 aromatic rings. The van der Waals surface area contributed by atoms with Gasteiger partial charge in [-0.2, -0.15) is 8.78 Å². The van der Waals surface area contributed by atoms with Crippen molar-refractivity contribution in [3.05, 3.63) is 29.8 Å². The molecule has 5 fully saturated rings. The lowest BCUT2D eigenvalue weighted by Crippen LogP contribution is -2.54. The molecule has 0 aliphatic heterocycles. The van der Waals surface area contributed by atoms with Crippen molar-refractivity contribution in [2.24, 2.45) is 41.4 Å². The van der Waals surface area contributed by atoms with E-state index in [0.717, 1.165) is 42.4 Å². The summed E-state index contributed by atoms with van der Waals surface area (Å²) in [6.07, 6.45) is 7.55. The van der Waals surface area contributed by atoms with Gasteiger partial charge in [-0.1, -0.05) is 19.3 Å². The van der Waals surface area contributed by atoms with E-state index in [1.807, 2.05) is 0 Å². The van der Waals surface area contributed by atoms with Gasteiger partial charge in [0.05, 0.1) is 5.56 Å². The van der Waals surface area contributed by atoms with E-state index in [-0.39, 0.29) is 11.2 Å². The predicted molar refractivity (Wildman–Crippen MR) is 125 cm³/mol. The fraction of sp³-hybridized carbons (Fsp3) is 0.724. The summed E-state index contributed by atoms with van der Waals surface area (Å²) in [7, 11) is 0. The van der Waals surface area contributed by atoms with Crippen molar-refractivity contribution in [3.63, 3.8) is 0 Å². The van der Waals surface area contributed by atoms with Gasteiger partial charge in [-0.25, -0.2) is 4.79 Å². The number of aliphatic carboxylic acids is 1. The fourth-order valence-corrected chi connectivity index (χ4v) is 9.11. The van der Waals surface area contributed by atoms with Crippen LogP contribution in [-0.4, -0.2) is 29.6 Å². The number of carbonyl (C=O) groups is 2. The third-order valence-electron chi connectivity index (χ3n) is 10.4. The van der Waals surface area contributed by atoms with Crippen molar-refractivity contribution in [2.75, 3.05) is 0 Å². The maximum absolute atomic E-state index is 14.5. The van der Waals surface area contributed by atoms with Crippen molar-refractivity contribution in [1.29, 1.82) is 0 Å². The second kappa shape index (κ2) is 8.70. The largest absolute Gasteiger partial charge is 0.544 e. The molecule has 0 spiro atoms. The van der Waals surface area contributed by atoms with E-state index in [0.29, 0.717) is 37.4 Å². The zero-order valence-corrected chi connectivity index (χ0v) is 20.8. The summed E-state index contributed by atoms with van der Waals surface area (Å²) >= 11 is 0. The van der Waals surface area contributed by atoms with Gasteiger partial charge in [0.25, 0.3) is 0 Å². The molecule has 0 N–H and O–H groups in total. The van der Waals surface area contributed by atoms with E-state index in [1.54, 1.807) is 12.1 Å². The average Bonchev–Trinajstić information content (AvgIpc) is 3.63. The van der Waals surface area contributed by atoms with Gasteiger partial charge in [0.2, 0.25) is 0 Å². The summed E-state index contributed by atoms with van der Waals surface area (Å²) in [5.74, 6) is -2.99. The van der Waals surface area contributed by atoms with Crippen LogP contribution in [0.2, 0.25) is 0 Å². The van der Waals surface area contributed by atoms with E-state index < -0.39 is 29.9 Å². The fourth-order valence-electron chi connectivity index (χ4n) is 9.11. The Bertz CT molecular complexity index is 1020. The van der Waals surface area contributed by atoms with Gasteiger partial charge in [-0.15, -0.1) is 0 Å². The second-order valence-electron chi connectivity index (χ2n) is 12.4. The number of alkyl halides is 2. The van der Waals surface area contributed by atoms with E-state index in [9.17, 15) is 23.5 Å². The van der Waals surface area contributed by atoms with E-state index in [2.05, 4.69) is 6.92 Å². The first-order valence-electron chi connectivity index (χ1n) is 13.8. The molecule has 7 heteroatoms. The number of carboxylic acid groups (broad SMARTS) is 1. The lowest BCUT2D eigenvalue weighted by Gasteiger charge is -2.44. The van der Waals surface area contributed by atoms with Crippen LogP contribution < -0.4 is 9.84 Å².